The summed E-state index contributed by atoms with van der Waals surface area (Å²) in [5.74, 6) is 0.403. The Hall–Kier alpha value is -1.62. The summed E-state index contributed by atoms with van der Waals surface area (Å²) in [5.41, 5.74) is 0.679. The fraction of sp³-hybridized carbons (Fsp3) is 0.462. The van der Waals surface area contributed by atoms with Gasteiger partial charge in [-0.1, -0.05) is 25.0 Å². The van der Waals surface area contributed by atoms with E-state index >= 15 is 0 Å². The molecule has 1 fully saturated rings. The van der Waals surface area contributed by atoms with Gasteiger partial charge in [0.15, 0.2) is 0 Å². The summed E-state index contributed by atoms with van der Waals surface area (Å²) in [7, 11) is 0. The van der Waals surface area contributed by atoms with Gasteiger partial charge in [0.1, 0.15) is 5.84 Å². The molecular formula is C13H17ClN3O2-. The van der Waals surface area contributed by atoms with Crippen molar-refractivity contribution in [2.24, 2.45) is 0 Å². The number of nitro groups is 1. The fourth-order valence-electron chi connectivity index (χ4n) is 2.24. The highest BCUT2D eigenvalue weighted by atomic mass is 35.5. The Balaban J connectivity index is 0.00000180. The van der Waals surface area contributed by atoms with Gasteiger partial charge in [-0.15, -0.1) is 0 Å². The van der Waals surface area contributed by atoms with E-state index in [0.29, 0.717) is 11.4 Å². The zero-order valence-electron chi connectivity index (χ0n) is 10.6. The minimum Gasteiger partial charge on any atom is -1.00 e. The van der Waals surface area contributed by atoms with Crippen LogP contribution in [0, 0.1) is 15.5 Å². The van der Waals surface area contributed by atoms with E-state index in [-0.39, 0.29) is 18.1 Å². The highest BCUT2D eigenvalue weighted by Gasteiger charge is 2.16. The molecule has 0 aromatic heterocycles. The van der Waals surface area contributed by atoms with Crippen LogP contribution < -0.4 is 12.4 Å². The molecule has 19 heavy (non-hydrogen) atoms. The average molecular weight is 283 g/mol. The van der Waals surface area contributed by atoms with Gasteiger partial charge in [-0.2, -0.15) is 0 Å². The smallest absolute Gasteiger partial charge is 0.270 e. The Bertz CT molecular complexity index is 457. The average Bonchev–Trinajstić information content (AvgIpc) is 2.67. The molecule has 104 valence electrons. The lowest BCUT2D eigenvalue weighted by molar-refractivity contribution is -0.384. The first-order chi connectivity index (χ1) is 8.68. The largest absolute Gasteiger partial charge is 1.00 e. The molecule has 1 aliphatic heterocycles. The van der Waals surface area contributed by atoms with Crippen molar-refractivity contribution in [2.75, 3.05) is 13.1 Å². The van der Waals surface area contributed by atoms with Gasteiger partial charge in [0.05, 0.1) is 4.92 Å². The summed E-state index contributed by atoms with van der Waals surface area (Å²) in [6, 6.07) is 6.34. The third kappa shape index (κ3) is 3.92. The van der Waals surface area contributed by atoms with E-state index < -0.39 is 4.92 Å². The van der Waals surface area contributed by atoms with Gasteiger partial charge in [0, 0.05) is 30.8 Å². The van der Waals surface area contributed by atoms with Crippen LogP contribution in [0.2, 0.25) is 0 Å². The second-order valence-electron chi connectivity index (χ2n) is 4.56. The number of likely N-dealkylation sites (tertiary alicyclic amines) is 1. The Morgan fingerprint density at radius 2 is 1.84 bits per heavy atom. The molecule has 0 bridgehead atoms. The van der Waals surface area contributed by atoms with E-state index in [9.17, 15) is 10.1 Å². The van der Waals surface area contributed by atoms with Crippen molar-refractivity contribution in [1.82, 2.24) is 4.90 Å². The van der Waals surface area contributed by atoms with Crippen molar-refractivity contribution in [3.8, 4) is 0 Å². The minimum atomic E-state index is -0.417. The third-order valence-electron chi connectivity index (χ3n) is 3.25. The van der Waals surface area contributed by atoms with E-state index in [4.69, 9.17) is 5.41 Å². The van der Waals surface area contributed by atoms with Crippen molar-refractivity contribution in [3.05, 3.63) is 39.9 Å². The van der Waals surface area contributed by atoms with Gasteiger partial charge in [0.25, 0.3) is 5.69 Å². The summed E-state index contributed by atoms with van der Waals surface area (Å²) >= 11 is 0. The molecular weight excluding hydrogens is 266 g/mol. The first-order valence-electron chi connectivity index (χ1n) is 6.27. The number of nitrogens with zero attached hydrogens (tertiary/aromatic N) is 2. The van der Waals surface area contributed by atoms with E-state index in [1.807, 2.05) is 4.90 Å². The predicted octanol–water partition coefficient (Wildman–Crippen LogP) is -0.200. The highest BCUT2D eigenvalue weighted by molar-refractivity contribution is 5.96. The molecule has 1 saturated heterocycles. The van der Waals surface area contributed by atoms with Crippen LogP contribution in [0.15, 0.2) is 24.3 Å². The van der Waals surface area contributed by atoms with Crippen LogP contribution in [0.25, 0.3) is 0 Å². The second kappa shape index (κ2) is 7.09. The van der Waals surface area contributed by atoms with Crippen molar-refractivity contribution < 1.29 is 17.3 Å². The molecule has 6 heteroatoms. The number of hydrogen-bond acceptors (Lipinski definition) is 3. The molecule has 2 rings (SSSR count). The summed E-state index contributed by atoms with van der Waals surface area (Å²) in [6.45, 7) is 1.75. The standard InChI is InChI=1S/C13H17N3O2.ClH/c14-13(15-8-3-1-2-4-9-15)11-6-5-7-12(10-11)16(17)18;/h5-7,10,14H,1-4,8-9H2;1H/p-1. The lowest BCUT2D eigenvalue weighted by Gasteiger charge is -2.23. The van der Waals surface area contributed by atoms with Crippen LogP contribution in [0.3, 0.4) is 0 Å². The maximum absolute atomic E-state index is 10.7. The maximum Gasteiger partial charge on any atom is 0.270 e. The fourth-order valence-corrected chi connectivity index (χ4v) is 2.24. The molecule has 0 atom stereocenters. The monoisotopic (exact) mass is 282 g/mol. The van der Waals surface area contributed by atoms with Crippen molar-refractivity contribution in [1.29, 1.82) is 5.41 Å². The Kier molecular flexibility index (Phi) is 5.76. The number of hydrogen-bond donors (Lipinski definition) is 1. The van der Waals surface area contributed by atoms with Crippen LogP contribution in [0.4, 0.5) is 5.69 Å². The van der Waals surface area contributed by atoms with Gasteiger partial charge in [-0.05, 0) is 12.8 Å². The third-order valence-corrected chi connectivity index (χ3v) is 3.25. The molecule has 1 aromatic rings. The maximum atomic E-state index is 10.7. The molecule has 0 unspecified atom stereocenters. The molecule has 5 nitrogen and oxygen atoms in total. The number of rotatable bonds is 2. The molecule has 1 heterocycles. The topological polar surface area (TPSA) is 70.2 Å². The van der Waals surface area contributed by atoms with Gasteiger partial charge in [-0.25, -0.2) is 0 Å². The number of halogens is 1. The molecule has 0 aliphatic carbocycles. The quantitative estimate of drug-likeness (QED) is 0.353. The van der Waals surface area contributed by atoms with Crippen LogP contribution >= 0.6 is 0 Å². The van der Waals surface area contributed by atoms with E-state index in [1.54, 1.807) is 12.1 Å². The molecule has 1 aliphatic rings. The van der Waals surface area contributed by atoms with Gasteiger partial charge in [-0.3, -0.25) is 15.5 Å². The first kappa shape index (κ1) is 15.4. The van der Waals surface area contributed by atoms with Crippen molar-refractivity contribution >= 4 is 11.5 Å². The minimum absolute atomic E-state index is 0. The molecule has 1 aromatic carbocycles. The summed E-state index contributed by atoms with van der Waals surface area (Å²) in [4.78, 5) is 12.3. The molecule has 0 radical (unpaired) electrons. The van der Waals surface area contributed by atoms with Crippen LogP contribution in [-0.2, 0) is 0 Å². The zero-order valence-corrected chi connectivity index (χ0v) is 11.4. The van der Waals surface area contributed by atoms with Gasteiger partial charge >= 0.3 is 0 Å². The van der Waals surface area contributed by atoms with E-state index in [1.165, 1.54) is 25.0 Å². The Morgan fingerprint density at radius 3 is 2.42 bits per heavy atom. The predicted molar refractivity (Wildman–Crippen MR) is 70.0 cm³/mol. The number of benzene rings is 1. The first-order valence-corrected chi connectivity index (χ1v) is 6.27. The Morgan fingerprint density at radius 1 is 1.21 bits per heavy atom. The number of non-ortho nitro benzene ring substituents is 1. The number of nitro benzene ring substituents is 1. The number of amidine groups is 1. The van der Waals surface area contributed by atoms with Crippen LogP contribution in [0.1, 0.15) is 31.2 Å². The summed E-state index contributed by atoms with van der Waals surface area (Å²) in [5, 5.41) is 18.9. The van der Waals surface area contributed by atoms with E-state index in [2.05, 4.69) is 0 Å². The molecule has 0 spiro atoms. The lowest BCUT2D eigenvalue weighted by atomic mass is 10.1. The number of nitrogens with one attached hydrogen (secondary N) is 1. The molecule has 0 amide bonds. The van der Waals surface area contributed by atoms with Crippen molar-refractivity contribution in [2.45, 2.75) is 25.7 Å². The van der Waals surface area contributed by atoms with E-state index in [0.717, 1.165) is 25.9 Å². The molecule has 1 N–H and O–H groups in total. The Labute approximate surface area is 118 Å². The van der Waals surface area contributed by atoms with Crippen LogP contribution in [0.5, 0.6) is 0 Å². The summed E-state index contributed by atoms with van der Waals surface area (Å²) in [6.07, 6.45) is 4.60. The highest BCUT2D eigenvalue weighted by Crippen LogP contribution is 2.17. The van der Waals surface area contributed by atoms with Crippen LogP contribution in [-0.4, -0.2) is 28.7 Å². The normalized spacial score (nSPS) is 15.3. The zero-order chi connectivity index (χ0) is 13.0. The SMILES string of the molecule is N=C(c1cccc([N+](=O)[O-])c1)N1CCCCCC1.[Cl-]. The second-order valence-corrected chi connectivity index (χ2v) is 4.56. The van der Waals surface area contributed by atoms with Crippen molar-refractivity contribution in [3.63, 3.8) is 0 Å². The summed E-state index contributed by atoms with van der Waals surface area (Å²) < 4.78 is 0. The van der Waals surface area contributed by atoms with Gasteiger partial charge in [0.2, 0.25) is 0 Å². The molecule has 0 saturated carbocycles. The van der Waals surface area contributed by atoms with Gasteiger partial charge < -0.3 is 17.3 Å². The lowest BCUT2D eigenvalue weighted by Crippen LogP contribution is -3.00.